The summed E-state index contributed by atoms with van der Waals surface area (Å²) in [7, 11) is 1.91. The van der Waals surface area contributed by atoms with Crippen LogP contribution in [-0.4, -0.2) is 67.7 Å². The molecular weight excluding hydrogens is 539 g/mol. The number of piperazine rings is 1. The van der Waals surface area contributed by atoms with Gasteiger partial charge in [-0.1, -0.05) is 13.8 Å². The minimum atomic E-state index is 0. The Bertz CT molecular complexity index is 674. The molecule has 1 aromatic heterocycles. The van der Waals surface area contributed by atoms with Crippen LogP contribution in [0.5, 0.6) is 0 Å². The zero-order valence-corrected chi connectivity index (χ0v) is 21.0. The second kappa shape index (κ2) is 8.85. The first-order valence-corrected chi connectivity index (χ1v) is 11.2. The van der Waals surface area contributed by atoms with Crippen LogP contribution in [0.4, 0.5) is 0 Å². The summed E-state index contributed by atoms with van der Waals surface area (Å²) in [6.45, 7) is 10.8. The number of hydrogen-bond acceptors (Lipinski definition) is 4. The summed E-state index contributed by atoms with van der Waals surface area (Å²) >= 11 is 5.39. The van der Waals surface area contributed by atoms with Gasteiger partial charge in [0.15, 0.2) is 5.96 Å². The number of halogens is 2. The zero-order chi connectivity index (χ0) is 18.3. The molecule has 0 radical (unpaired) electrons. The molecule has 2 saturated heterocycles. The fraction of sp³-hybridized carbons (Fsp3) is 0.737. The van der Waals surface area contributed by atoms with Crippen LogP contribution in [0.3, 0.4) is 0 Å². The first-order chi connectivity index (χ1) is 12.5. The van der Waals surface area contributed by atoms with Gasteiger partial charge in [0.05, 0.1) is 9.89 Å². The number of aliphatic imine (C=N–C) groups is 1. The largest absolute Gasteiger partial charge is 0.377 e. The van der Waals surface area contributed by atoms with Crippen molar-refractivity contribution in [1.29, 1.82) is 0 Å². The Balaban J connectivity index is 0.00000210. The average Bonchev–Trinajstić information content (AvgIpc) is 3.24. The van der Waals surface area contributed by atoms with Gasteiger partial charge in [0.25, 0.3) is 0 Å². The van der Waals surface area contributed by atoms with E-state index < -0.39 is 0 Å². The normalized spacial score (nSPS) is 30.4. The Hall–Kier alpha value is 0.1000. The van der Waals surface area contributed by atoms with Crippen molar-refractivity contribution in [3.8, 4) is 0 Å². The fourth-order valence-electron chi connectivity index (χ4n) is 4.83. The minimum Gasteiger partial charge on any atom is -0.377 e. The van der Waals surface area contributed by atoms with Gasteiger partial charge < -0.3 is 15.0 Å². The summed E-state index contributed by atoms with van der Waals surface area (Å²) in [5, 5.41) is 3.78. The highest BCUT2D eigenvalue weighted by Gasteiger charge is 2.59. The Morgan fingerprint density at radius 2 is 2.07 bits per heavy atom. The van der Waals surface area contributed by atoms with Crippen LogP contribution in [-0.2, 0) is 11.3 Å². The topological polar surface area (TPSA) is 40.1 Å². The monoisotopic (exact) mass is 568 g/mol. The Kier molecular flexibility index (Phi) is 7.15. The quantitative estimate of drug-likeness (QED) is 0.343. The number of nitrogens with one attached hydrogen (secondary N) is 1. The number of rotatable bonds is 3. The van der Waals surface area contributed by atoms with E-state index in [4.69, 9.17) is 4.74 Å². The summed E-state index contributed by atoms with van der Waals surface area (Å²) in [5.74, 6) is 1.70. The first kappa shape index (κ1) is 21.8. The SMILES string of the molecule is CN=C(NC1C2CCOC2C1(C)C)N1CCN(Cc2ccc(Br)s2)CC1.I. The number of thiophene rings is 1. The fourth-order valence-corrected chi connectivity index (χ4v) is 6.35. The predicted molar refractivity (Wildman–Crippen MR) is 126 cm³/mol. The highest BCUT2D eigenvalue weighted by molar-refractivity contribution is 14.0. The van der Waals surface area contributed by atoms with Gasteiger partial charge >= 0.3 is 0 Å². The molecule has 1 aromatic rings. The van der Waals surface area contributed by atoms with Crippen molar-refractivity contribution in [2.45, 2.75) is 39.0 Å². The van der Waals surface area contributed by atoms with Crippen LogP contribution >= 0.6 is 51.2 Å². The maximum atomic E-state index is 5.93. The highest BCUT2D eigenvalue weighted by Crippen LogP contribution is 2.52. The van der Waals surface area contributed by atoms with Gasteiger partial charge in [0, 0.05) is 68.6 Å². The zero-order valence-electron chi connectivity index (χ0n) is 16.3. The lowest BCUT2D eigenvalue weighted by molar-refractivity contribution is -0.107. The molecule has 1 aliphatic carbocycles. The molecule has 3 heterocycles. The standard InChI is InChI=1S/C19H29BrN4OS.HI/c1-19(2)16(14-6-11-25-17(14)19)22-18(21-3)24-9-7-23(8-10-24)12-13-4-5-15(20)26-13;/h4-5,14,16-17H,6-12H2,1-3H3,(H,21,22);1H. The lowest BCUT2D eigenvalue weighted by Crippen LogP contribution is -2.68. The highest BCUT2D eigenvalue weighted by atomic mass is 127. The number of nitrogens with zero attached hydrogens (tertiary/aromatic N) is 3. The number of guanidine groups is 1. The van der Waals surface area contributed by atoms with Crippen molar-refractivity contribution in [2.24, 2.45) is 16.3 Å². The van der Waals surface area contributed by atoms with Crippen LogP contribution in [0, 0.1) is 11.3 Å². The lowest BCUT2D eigenvalue weighted by Gasteiger charge is -2.55. The van der Waals surface area contributed by atoms with Crippen LogP contribution in [0.25, 0.3) is 0 Å². The summed E-state index contributed by atoms with van der Waals surface area (Å²) < 4.78 is 7.14. The third-order valence-corrected chi connectivity index (χ3v) is 7.89. The van der Waals surface area contributed by atoms with E-state index in [1.54, 1.807) is 0 Å². The van der Waals surface area contributed by atoms with Gasteiger partial charge in [0.1, 0.15) is 0 Å². The van der Waals surface area contributed by atoms with Crippen molar-refractivity contribution < 1.29 is 4.74 Å². The summed E-state index contributed by atoms with van der Waals surface area (Å²) in [5.41, 5.74) is 0.186. The van der Waals surface area contributed by atoms with E-state index in [1.807, 2.05) is 18.4 Å². The Morgan fingerprint density at radius 3 is 2.70 bits per heavy atom. The lowest BCUT2D eigenvalue weighted by atomic mass is 9.57. The molecule has 0 amide bonds. The average molecular weight is 569 g/mol. The van der Waals surface area contributed by atoms with Gasteiger partial charge in [-0.3, -0.25) is 9.89 Å². The van der Waals surface area contributed by atoms with Crippen molar-refractivity contribution in [3.05, 3.63) is 20.8 Å². The number of hydrogen-bond donors (Lipinski definition) is 1. The molecule has 3 atom stereocenters. The van der Waals surface area contributed by atoms with E-state index in [9.17, 15) is 0 Å². The molecule has 152 valence electrons. The van der Waals surface area contributed by atoms with E-state index >= 15 is 0 Å². The summed E-state index contributed by atoms with van der Waals surface area (Å²) in [6, 6.07) is 4.83. The minimum absolute atomic E-state index is 0. The van der Waals surface area contributed by atoms with Gasteiger partial charge in [-0.05, 0) is 34.5 Å². The number of fused-ring (bicyclic) bond motifs is 1. The summed E-state index contributed by atoms with van der Waals surface area (Å²) in [6.07, 6.45) is 1.59. The molecule has 4 rings (SSSR count). The molecule has 0 bridgehead atoms. The smallest absolute Gasteiger partial charge is 0.193 e. The van der Waals surface area contributed by atoms with Crippen LogP contribution in [0.15, 0.2) is 20.9 Å². The summed E-state index contributed by atoms with van der Waals surface area (Å²) in [4.78, 5) is 11.0. The first-order valence-electron chi connectivity index (χ1n) is 9.55. The molecule has 0 spiro atoms. The molecule has 3 fully saturated rings. The van der Waals surface area contributed by atoms with E-state index in [0.29, 0.717) is 18.1 Å². The van der Waals surface area contributed by atoms with Gasteiger partial charge in [-0.15, -0.1) is 35.3 Å². The van der Waals surface area contributed by atoms with Gasteiger partial charge in [-0.2, -0.15) is 0 Å². The molecule has 5 nitrogen and oxygen atoms in total. The number of ether oxygens (including phenoxy) is 1. The van der Waals surface area contributed by atoms with Crippen LogP contribution in [0.2, 0.25) is 0 Å². The molecule has 27 heavy (non-hydrogen) atoms. The molecule has 8 heteroatoms. The third kappa shape index (κ3) is 4.34. The molecule has 3 unspecified atom stereocenters. The van der Waals surface area contributed by atoms with Crippen LogP contribution < -0.4 is 5.32 Å². The molecule has 0 aromatic carbocycles. The van der Waals surface area contributed by atoms with Crippen molar-refractivity contribution >= 4 is 57.2 Å². The molecule has 1 N–H and O–H groups in total. The van der Waals surface area contributed by atoms with E-state index in [0.717, 1.165) is 45.3 Å². The van der Waals surface area contributed by atoms with Crippen molar-refractivity contribution in [3.63, 3.8) is 0 Å². The van der Waals surface area contributed by atoms with E-state index in [1.165, 1.54) is 15.1 Å². The molecule has 3 aliphatic rings. The van der Waals surface area contributed by atoms with Crippen LogP contribution in [0.1, 0.15) is 25.1 Å². The molecular formula is C19H30BrIN4OS. The molecule has 2 aliphatic heterocycles. The van der Waals surface area contributed by atoms with Gasteiger partial charge in [-0.25, -0.2) is 0 Å². The Labute approximate surface area is 192 Å². The Morgan fingerprint density at radius 1 is 1.33 bits per heavy atom. The van der Waals surface area contributed by atoms with E-state index in [2.05, 4.69) is 62.0 Å². The van der Waals surface area contributed by atoms with Crippen molar-refractivity contribution in [2.75, 3.05) is 39.8 Å². The predicted octanol–water partition coefficient (Wildman–Crippen LogP) is 3.64. The second-order valence-electron chi connectivity index (χ2n) is 8.20. The van der Waals surface area contributed by atoms with E-state index in [-0.39, 0.29) is 29.4 Å². The van der Waals surface area contributed by atoms with Crippen molar-refractivity contribution in [1.82, 2.24) is 15.1 Å². The second-order valence-corrected chi connectivity index (χ2v) is 10.8. The van der Waals surface area contributed by atoms with Gasteiger partial charge in [0.2, 0.25) is 0 Å². The maximum Gasteiger partial charge on any atom is 0.193 e. The third-order valence-electron chi connectivity index (χ3n) is 6.28. The molecule has 1 saturated carbocycles. The maximum absolute atomic E-state index is 5.93.